The van der Waals surface area contributed by atoms with Crippen LogP contribution in [0.5, 0.6) is 0 Å². The fraction of sp³-hybridized carbons (Fsp3) is 0.917. The lowest BCUT2D eigenvalue weighted by atomic mass is 10.00. The van der Waals surface area contributed by atoms with Crippen LogP contribution in [0.1, 0.15) is 25.7 Å². The molecule has 1 saturated heterocycles. The average Bonchev–Trinajstić information content (AvgIpc) is 2.81. The Morgan fingerprint density at radius 1 is 1.44 bits per heavy atom. The summed E-state index contributed by atoms with van der Waals surface area (Å²) in [6, 6.07) is 0. The van der Waals surface area contributed by atoms with Crippen LogP contribution < -0.4 is 0 Å². The summed E-state index contributed by atoms with van der Waals surface area (Å²) in [6.45, 7) is 3.06. The molecule has 0 aromatic heterocycles. The quantitative estimate of drug-likeness (QED) is 0.716. The van der Waals surface area contributed by atoms with Gasteiger partial charge in [0.1, 0.15) is 0 Å². The average molecular weight is 227 g/mol. The van der Waals surface area contributed by atoms with Crippen molar-refractivity contribution < 1.29 is 14.6 Å². The van der Waals surface area contributed by atoms with Gasteiger partial charge in [-0.15, -0.1) is 0 Å². The van der Waals surface area contributed by atoms with Gasteiger partial charge < -0.3 is 14.7 Å². The molecule has 0 radical (unpaired) electrons. The van der Waals surface area contributed by atoms with E-state index in [0.29, 0.717) is 18.3 Å². The van der Waals surface area contributed by atoms with Crippen LogP contribution in [-0.4, -0.2) is 48.8 Å². The van der Waals surface area contributed by atoms with Gasteiger partial charge in [0.2, 0.25) is 0 Å². The third kappa shape index (κ3) is 2.55. The Kier molecular flexibility index (Phi) is 3.82. The van der Waals surface area contributed by atoms with Crippen LogP contribution in [0.15, 0.2) is 0 Å². The number of fused-ring (bicyclic) bond motifs is 1. The fourth-order valence-electron chi connectivity index (χ4n) is 3.06. The second-order valence-electron chi connectivity index (χ2n) is 5.01. The van der Waals surface area contributed by atoms with Crippen LogP contribution in [-0.2, 0) is 9.53 Å². The van der Waals surface area contributed by atoms with Gasteiger partial charge in [0.15, 0.2) is 0 Å². The van der Waals surface area contributed by atoms with E-state index in [2.05, 4.69) is 9.64 Å². The van der Waals surface area contributed by atoms with Gasteiger partial charge in [0.25, 0.3) is 0 Å². The number of esters is 1. The van der Waals surface area contributed by atoms with Crippen LogP contribution >= 0.6 is 0 Å². The van der Waals surface area contributed by atoms with Crippen molar-refractivity contribution in [2.24, 2.45) is 11.8 Å². The van der Waals surface area contributed by atoms with E-state index in [1.165, 1.54) is 13.5 Å². The van der Waals surface area contributed by atoms with Gasteiger partial charge in [-0.1, -0.05) is 0 Å². The molecular weight excluding hydrogens is 206 g/mol. The number of ether oxygens (including phenoxy) is 1. The molecule has 0 aromatic rings. The van der Waals surface area contributed by atoms with Crippen molar-refractivity contribution in [3.63, 3.8) is 0 Å². The smallest absolute Gasteiger partial charge is 0.305 e. The highest BCUT2D eigenvalue weighted by atomic mass is 16.5. The van der Waals surface area contributed by atoms with Crippen LogP contribution in [0.3, 0.4) is 0 Å². The summed E-state index contributed by atoms with van der Waals surface area (Å²) in [4.78, 5) is 13.3. The SMILES string of the molecule is COC(=O)CCCN1CC2CCC(O)C2C1. The summed E-state index contributed by atoms with van der Waals surface area (Å²) >= 11 is 0. The molecule has 16 heavy (non-hydrogen) atoms. The number of rotatable bonds is 4. The van der Waals surface area contributed by atoms with Crippen molar-refractivity contribution in [3.8, 4) is 0 Å². The molecule has 1 aliphatic carbocycles. The lowest BCUT2D eigenvalue weighted by molar-refractivity contribution is -0.140. The van der Waals surface area contributed by atoms with E-state index in [9.17, 15) is 9.90 Å². The minimum Gasteiger partial charge on any atom is -0.469 e. The maximum Gasteiger partial charge on any atom is 0.305 e. The summed E-state index contributed by atoms with van der Waals surface area (Å²) in [5.74, 6) is 1.05. The predicted octanol–water partition coefficient (Wildman–Crippen LogP) is 0.642. The van der Waals surface area contributed by atoms with Crippen molar-refractivity contribution in [1.82, 2.24) is 4.90 Å². The molecule has 92 valence electrons. The Bertz CT molecular complexity index is 257. The first-order valence-corrected chi connectivity index (χ1v) is 6.18. The van der Waals surface area contributed by atoms with E-state index < -0.39 is 0 Å². The number of likely N-dealkylation sites (tertiary alicyclic amines) is 1. The highest BCUT2D eigenvalue weighted by Gasteiger charge is 2.41. The van der Waals surface area contributed by atoms with Crippen molar-refractivity contribution in [2.45, 2.75) is 31.8 Å². The molecule has 1 N–H and O–H groups in total. The molecule has 1 aliphatic heterocycles. The fourth-order valence-corrected chi connectivity index (χ4v) is 3.06. The van der Waals surface area contributed by atoms with Crippen molar-refractivity contribution >= 4 is 5.97 Å². The second kappa shape index (κ2) is 5.15. The van der Waals surface area contributed by atoms with E-state index in [0.717, 1.165) is 32.5 Å². The molecule has 2 aliphatic rings. The Morgan fingerprint density at radius 3 is 2.94 bits per heavy atom. The zero-order chi connectivity index (χ0) is 11.5. The second-order valence-corrected chi connectivity index (χ2v) is 5.01. The van der Waals surface area contributed by atoms with E-state index in [1.54, 1.807) is 0 Å². The lowest BCUT2D eigenvalue weighted by Gasteiger charge is -2.17. The first-order chi connectivity index (χ1) is 7.70. The Hall–Kier alpha value is -0.610. The van der Waals surface area contributed by atoms with Crippen molar-refractivity contribution in [3.05, 3.63) is 0 Å². The van der Waals surface area contributed by atoms with Gasteiger partial charge in [-0.2, -0.15) is 0 Å². The number of hydrogen-bond acceptors (Lipinski definition) is 4. The minimum absolute atomic E-state index is 0.0874. The maximum atomic E-state index is 11.0. The molecule has 0 aromatic carbocycles. The number of aliphatic hydroxyl groups excluding tert-OH is 1. The van der Waals surface area contributed by atoms with Gasteiger partial charge in [-0.25, -0.2) is 0 Å². The molecule has 1 saturated carbocycles. The third-order valence-corrected chi connectivity index (χ3v) is 3.98. The first kappa shape index (κ1) is 11.9. The van der Waals surface area contributed by atoms with Gasteiger partial charge in [-0.3, -0.25) is 4.79 Å². The standard InChI is InChI=1S/C12H21NO3/c1-16-12(15)3-2-6-13-7-9-4-5-11(14)10(9)8-13/h9-11,14H,2-8H2,1H3. The first-order valence-electron chi connectivity index (χ1n) is 6.18. The molecule has 0 spiro atoms. The van der Waals surface area contributed by atoms with E-state index in [-0.39, 0.29) is 12.1 Å². The van der Waals surface area contributed by atoms with Gasteiger partial charge in [0.05, 0.1) is 13.2 Å². The number of carbonyl (C=O) groups is 1. The van der Waals surface area contributed by atoms with Gasteiger partial charge >= 0.3 is 5.97 Å². The molecule has 3 unspecified atom stereocenters. The number of aliphatic hydroxyl groups is 1. The van der Waals surface area contributed by atoms with Crippen molar-refractivity contribution in [1.29, 1.82) is 0 Å². The summed E-state index contributed by atoms with van der Waals surface area (Å²) in [5.41, 5.74) is 0. The minimum atomic E-state index is -0.126. The molecule has 2 fully saturated rings. The summed E-state index contributed by atoms with van der Waals surface area (Å²) < 4.78 is 4.61. The zero-order valence-electron chi connectivity index (χ0n) is 9.89. The normalized spacial score (nSPS) is 34.0. The predicted molar refractivity (Wildman–Crippen MR) is 59.9 cm³/mol. The number of nitrogens with zero attached hydrogens (tertiary/aromatic N) is 1. The van der Waals surface area contributed by atoms with Crippen LogP contribution in [0.2, 0.25) is 0 Å². The largest absolute Gasteiger partial charge is 0.469 e. The lowest BCUT2D eigenvalue weighted by Crippen LogP contribution is -2.26. The van der Waals surface area contributed by atoms with E-state index >= 15 is 0 Å². The molecule has 3 atom stereocenters. The van der Waals surface area contributed by atoms with Crippen LogP contribution in [0, 0.1) is 11.8 Å². The molecule has 0 amide bonds. The molecule has 4 nitrogen and oxygen atoms in total. The third-order valence-electron chi connectivity index (χ3n) is 3.98. The number of methoxy groups -OCH3 is 1. The molecule has 1 heterocycles. The highest BCUT2D eigenvalue weighted by Crippen LogP contribution is 2.37. The molecule has 2 rings (SSSR count). The molecule has 4 heteroatoms. The monoisotopic (exact) mass is 227 g/mol. The van der Waals surface area contributed by atoms with Crippen molar-refractivity contribution in [2.75, 3.05) is 26.7 Å². The topological polar surface area (TPSA) is 49.8 Å². The number of hydrogen-bond donors (Lipinski definition) is 1. The van der Waals surface area contributed by atoms with Crippen LogP contribution in [0.4, 0.5) is 0 Å². The Balaban J connectivity index is 1.68. The summed E-state index contributed by atoms with van der Waals surface area (Å²) in [6.07, 6.45) is 3.42. The highest BCUT2D eigenvalue weighted by molar-refractivity contribution is 5.69. The summed E-state index contributed by atoms with van der Waals surface area (Å²) in [5, 5.41) is 9.77. The Labute approximate surface area is 96.6 Å². The summed E-state index contributed by atoms with van der Waals surface area (Å²) in [7, 11) is 1.43. The van der Waals surface area contributed by atoms with E-state index in [4.69, 9.17) is 0 Å². The molecule has 0 bridgehead atoms. The maximum absolute atomic E-state index is 11.0. The Morgan fingerprint density at radius 2 is 2.25 bits per heavy atom. The van der Waals surface area contributed by atoms with Gasteiger partial charge in [-0.05, 0) is 31.7 Å². The van der Waals surface area contributed by atoms with Crippen LogP contribution in [0.25, 0.3) is 0 Å². The number of carbonyl (C=O) groups excluding carboxylic acids is 1. The van der Waals surface area contributed by atoms with E-state index in [1.807, 2.05) is 0 Å². The molecular formula is C12H21NO3. The zero-order valence-corrected chi connectivity index (χ0v) is 9.89. The van der Waals surface area contributed by atoms with Gasteiger partial charge in [0, 0.05) is 25.4 Å².